The lowest BCUT2D eigenvalue weighted by Gasteiger charge is -2.16. The largest absolute Gasteiger partial charge is 0.0648 e. The van der Waals surface area contributed by atoms with E-state index in [2.05, 4.69) is 6.92 Å². The molecule has 4 saturated carbocycles. The van der Waals surface area contributed by atoms with Gasteiger partial charge in [-0.05, 0) is 80.0 Å². The van der Waals surface area contributed by atoms with Gasteiger partial charge in [0.2, 0.25) is 0 Å². The number of hydrogen-bond acceptors (Lipinski definition) is 0. The molecule has 14 heavy (non-hydrogen) atoms. The fourth-order valence-corrected chi connectivity index (χ4v) is 5.50. The van der Waals surface area contributed by atoms with Crippen LogP contribution in [0.15, 0.2) is 0 Å². The summed E-state index contributed by atoms with van der Waals surface area (Å²) < 4.78 is 0. The van der Waals surface area contributed by atoms with Crippen LogP contribution in [0.5, 0.6) is 0 Å². The summed E-state index contributed by atoms with van der Waals surface area (Å²) in [4.78, 5) is 0. The number of hydrogen-bond donors (Lipinski definition) is 0. The van der Waals surface area contributed by atoms with E-state index in [4.69, 9.17) is 0 Å². The van der Waals surface area contributed by atoms with Crippen LogP contribution < -0.4 is 0 Å². The van der Waals surface area contributed by atoms with Crippen LogP contribution in [-0.4, -0.2) is 0 Å². The average molecular weight is 190 g/mol. The Bertz CT molecular complexity index is 278. The molecule has 0 amide bonds. The molecular weight excluding hydrogens is 168 g/mol. The first-order valence-corrected chi connectivity index (χ1v) is 6.80. The van der Waals surface area contributed by atoms with Gasteiger partial charge in [-0.25, -0.2) is 0 Å². The summed E-state index contributed by atoms with van der Waals surface area (Å²) in [5.74, 6) is 3.53. The van der Waals surface area contributed by atoms with Gasteiger partial charge in [-0.3, -0.25) is 0 Å². The molecule has 0 heteroatoms. The molecule has 0 radical (unpaired) electrons. The highest BCUT2D eigenvalue weighted by Crippen LogP contribution is 2.83. The zero-order chi connectivity index (χ0) is 9.39. The molecule has 4 aliphatic carbocycles. The first-order valence-electron chi connectivity index (χ1n) is 6.80. The normalized spacial score (nSPS) is 59.8. The van der Waals surface area contributed by atoms with Gasteiger partial charge in [0.25, 0.3) is 0 Å². The lowest BCUT2D eigenvalue weighted by molar-refractivity contribution is 0.329. The Kier molecular flexibility index (Phi) is 1.30. The van der Waals surface area contributed by atoms with E-state index in [1.54, 1.807) is 44.9 Å². The highest BCUT2D eigenvalue weighted by molar-refractivity contribution is 5.24. The van der Waals surface area contributed by atoms with E-state index in [9.17, 15) is 0 Å². The van der Waals surface area contributed by atoms with Crippen molar-refractivity contribution < 1.29 is 0 Å². The zero-order valence-corrected chi connectivity index (χ0v) is 9.39. The van der Waals surface area contributed by atoms with Gasteiger partial charge in [0, 0.05) is 0 Å². The van der Waals surface area contributed by atoms with Crippen molar-refractivity contribution in [2.75, 3.05) is 0 Å². The van der Waals surface area contributed by atoms with Crippen LogP contribution in [0.1, 0.15) is 58.3 Å². The van der Waals surface area contributed by atoms with Crippen molar-refractivity contribution in [3.8, 4) is 0 Å². The monoisotopic (exact) mass is 190 g/mol. The van der Waals surface area contributed by atoms with E-state index in [0.717, 1.165) is 10.8 Å². The van der Waals surface area contributed by atoms with Crippen molar-refractivity contribution in [2.24, 2.45) is 28.6 Å². The summed E-state index contributed by atoms with van der Waals surface area (Å²) in [6, 6.07) is 0. The van der Waals surface area contributed by atoms with Crippen LogP contribution in [0.2, 0.25) is 0 Å². The minimum atomic E-state index is 0.876. The fraction of sp³-hybridized carbons (Fsp3) is 1.00. The highest BCUT2D eigenvalue weighted by Gasteiger charge is 2.74. The molecule has 0 aromatic carbocycles. The standard InChI is InChI=1S/C14H22/c1-2-13-6-5-12-7-11(10-3-4-10)8-14(12,13)9-13/h10-12H,2-9H2,1H3/t11-,12?,13?,14?/m0/s1. The third-order valence-electron chi connectivity index (χ3n) is 6.52. The van der Waals surface area contributed by atoms with Crippen molar-refractivity contribution in [3.05, 3.63) is 0 Å². The van der Waals surface area contributed by atoms with Gasteiger partial charge in [0.1, 0.15) is 0 Å². The van der Waals surface area contributed by atoms with Crippen molar-refractivity contribution >= 4 is 0 Å². The molecule has 0 saturated heterocycles. The van der Waals surface area contributed by atoms with Gasteiger partial charge in [0.05, 0.1) is 0 Å². The minimum Gasteiger partial charge on any atom is -0.0648 e. The van der Waals surface area contributed by atoms with E-state index in [1.165, 1.54) is 24.2 Å². The Balaban J connectivity index is 1.61. The van der Waals surface area contributed by atoms with E-state index >= 15 is 0 Å². The lowest BCUT2D eigenvalue weighted by atomic mass is 9.89. The highest BCUT2D eigenvalue weighted by atomic mass is 14.8. The first kappa shape index (κ1) is 8.19. The van der Waals surface area contributed by atoms with Crippen LogP contribution in [0.3, 0.4) is 0 Å². The SMILES string of the molecule is CCC12CCC3C[C@H](C4CC4)CC31C2. The molecule has 0 aliphatic heterocycles. The van der Waals surface area contributed by atoms with Crippen molar-refractivity contribution in [3.63, 3.8) is 0 Å². The summed E-state index contributed by atoms with van der Waals surface area (Å²) in [5.41, 5.74) is 1.79. The van der Waals surface area contributed by atoms with E-state index in [1.807, 2.05) is 0 Å². The van der Waals surface area contributed by atoms with Crippen LogP contribution in [-0.2, 0) is 0 Å². The van der Waals surface area contributed by atoms with Gasteiger partial charge < -0.3 is 0 Å². The zero-order valence-electron chi connectivity index (χ0n) is 9.39. The molecule has 0 bridgehead atoms. The number of rotatable bonds is 2. The Morgan fingerprint density at radius 2 is 2.00 bits per heavy atom. The predicted molar refractivity (Wildman–Crippen MR) is 57.9 cm³/mol. The maximum Gasteiger partial charge on any atom is -0.0204 e. The van der Waals surface area contributed by atoms with Gasteiger partial charge >= 0.3 is 0 Å². The Hall–Kier alpha value is 0. The molecule has 4 rings (SSSR count). The van der Waals surface area contributed by atoms with E-state index < -0.39 is 0 Å². The molecule has 4 fully saturated rings. The average Bonchev–Trinajstić information content (AvgIpc) is 3.05. The first-order chi connectivity index (χ1) is 6.80. The molecule has 0 aromatic heterocycles. The second-order valence-corrected chi connectivity index (χ2v) is 6.74. The van der Waals surface area contributed by atoms with Crippen molar-refractivity contribution in [2.45, 2.75) is 58.3 Å². The maximum absolute atomic E-state index is 2.45. The van der Waals surface area contributed by atoms with Crippen LogP contribution in [0.25, 0.3) is 0 Å². The second-order valence-electron chi connectivity index (χ2n) is 6.74. The fourth-order valence-electron chi connectivity index (χ4n) is 5.50. The summed E-state index contributed by atoms with van der Waals surface area (Å²) in [7, 11) is 0. The van der Waals surface area contributed by atoms with Crippen LogP contribution in [0, 0.1) is 28.6 Å². The Morgan fingerprint density at radius 1 is 1.14 bits per heavy atom. The topological polar surface area (TPSA) is 0 Å². The lowest BCUT2D eigenvalue weighted by Crippen LogP contribution is -2.08. The molecule has 0 N–H and O–H groups in total. The molecule has 0 heterocycles. The Morgan fingerprint density at radius 3 is 2.64 bits per heavy atom. The van der Waals surface area contributed by atoms with E-state index in [-0.39, 0.29) is 0 Å². The third kappa shape index (κ3) is 0.750. The van der Waals surface area contributed by atoms with Gasteiger partial charge in [-0.1, -0.05) is 6.92 Å². The molecule has 0 aromatic rings. The maximum atomic E-state index is 2.45. The minimum absolute atomic E-state index is 0.876. The molecular formula is C14H22. The summed E-state index contributed by atoms with van der Waals surface area (Å²) >= 11 is 0. The molecule has 4 atom stereocenters. The third-order valence-corrected chi connectivity index (χ3v) is 6.52. The molecule has 0 nitrogen and oxygen atoms in total. The molecule has 3 unspecified atom stereocenters. The summed E-state index contributed by atoms with van der Waals surface area (Å²) in [6.07, 6.45) is 12.7. The van der Waals surface area contributed by atoms with Crippen molar-refractivity contribution in [1.29, 1.82) is 0 Å². The predicted octanol–water partition coefficient (Wildman–Crippen LogP) is 4.00. The van der Waals surface area contributed by atoms with Crippen molar-refractivity contribution in [1.82, 2.24) is 0 Å². The smallest absolute Gasteiger partial charge is 0.0204 e. The van der Waals surface area contributed by atoms with Gasteiger partial charge in [-0.2, -0.15) is 0 Å². The molecule has 1 spiro atoms. The Labute approximate surface area is 87.5 Å². The quantitative estimate of drug-likeness (QED) is 0.617. The molecule has 4 aliphatic rings. The van der Waals surface area contributed by atoms with Crippen LogP contribution >= 0.6 is 0 Å². The van der Waals surface area contributed by atoms with Gasteiger partial charge in [-0.15, -0.1) is 0 Å². The molecule has 78 valence electrons. The van der Waals surface area contributed by atoms with E-state index in [0.29, 0.717) is 0 Å². The van der Waals surface area contributed by atoms with Crippen LogP contribution in [0.4, 0.5) is 0 Å². The summed E-state index contributed by atoms with van der Waals surface area (Å²) in [6.45, 7) is 2.45. The second kappa shape index (κ2) is 2.23. The summed E-state index contributed by atoms with van der Waals surface area (Å²) in [5, 5.41) is 0. The van der Waals surface area contributed by atoms with Gasteiger partial charge in [0.15, 0.2) is 0 Å².